The molecule has 0 bridgehead atoms. The van der Waals surface area contributed by atoms with Crippen LogP contribution < -0.4 is 15.5 Å². The first kappa shape index (κ1) is 31.8. The van der Waals surface area contributed by atoms with Crippen molar-refractivity contribution in [3.05, 3.63) is 65.9 Å². The van der Waals surface area contributed by atoms with Gasteiger partial charge in [0.15, 0.2) is 0 Å². The number of fused-ring (bicyclic) bond motifs is 1. The third kappa shape index (κ3) is 8.46. The number of rotatable bonds is 14. The van der Waals surface area contributed by atoms with Crippen molar-refractivity contribution in [2.75, 3.05) is 18.0 Å². The van der Waals surface area contributed by atoms with Crippen LogP contribution in [0.4, 0.5) is 5.69 Å². The standard InChI is InChI=1S/C34H44N4O5/c1-3-24-11-10-13-28(21-24)37(4-2)31(39)23-38-29-14-8-7-12-26(29)22-30(38)34(43)36-27-18-16-25(17-19-27)33(42)35-20-9-5-6-15-32(40)41/h7-8,10-14,21-22,25,27H,3-6,9,15-20,23H2,1-2H3,(H,35,42)(H,36,43)(H,40,41). The summed E-state index contributed by atoms with van der Waals surface area (Å²) in [6.07, 6.45) is 6.00. The first-order chi connectivity index (χ1) is 20.8. The second-order valence-corrected chi connectivity index (χ2v) is 11.4. The van der Waals surface area contributed by atoms with Gasteiger partial charge < -0.3 is 25.2 Å². The molecule has 3 aromatic rings. The number of nitrogens with zero attached hydrogens (tertiary/aromatic N) is 2. The van der Waals surface area contributed by atoms with Gasteiger partial charge in [-0.15, -0.1) is 0 Å². The molecule has 230 valence electrons. The van der Waals surface area contributed by atoms with Gasteiger partial charge in [0.1, 0.15) is 12.2 Å². The quantitative estimate of drug-likeness (QED) is 0.221. The van der Waals surface area contributed by atoms with E-state index in [-0.39, 0.29) is 42.6 Å². The number of aromatic nitrogens is 1. The van der Waals surface area contributed by atoms with E-state index < -0.39 is 5.97 Å². The number of hydrogen-bond donors (Lipinski definition) is 3. The van der Waals surface area contributed by atoms with Crippen molar-refractivity contribution in [3.63, 3.8) is 0 Å². The molecule has 1 aromatic heterocycles. The summed E-state index contributed by atoms with van der Waals surface area (Å²) in [4.78, 5) is 52.2. The van der Waals surface area contributed by atoms with E-state index >= 15 is 0 Å². The highest BCUT2D eigenvalue weighted by Crippen LogP contribution is 2.26. The predicted molar refractivity (Wildman–Crippen MR) is 168 cm³/mol. The predicted octanol–water partition coefficient (Wildman–Crippen LogP) is 5.31. The van der Waals surface area contributed by atoms with Crippen molar-refractivity contribution in [2.24, 2.45) is 5.92 Å². The molecule has 1 saturated carbocycles. The molecule has 4 rings (SSSR count). The van der Waals surface area contributed by atoms with Crippen molar-refractivity contribution < 1.29 is 24.3 Å². The summed E-state index contributed by atoms with van der Waals surface area (Å²) in [6, 6.07) is 17.5. The van der Waals surface area contributed by atoms with Crippen molar-refractivity contribution in [2.45, 2.75) is 84.2 Å². The fourth-order valence-electron chi connectivity index (χ4n) is 5.93. The molecule has 9 nitrogen and oxygen atoms in total. The Morgan fingerprint density at radius 1 is 0.930 bits per heavy atom. The van der Waals surface area contributed by atoms with E-state index in [1.807, 2.05) is 60.0 Å². The molecule has 0 aliphatic heterocycles. The fourth-order valence-corrected chi connectivity index (χ4v) is 5.93. The number of hydrogen-bond acceptors (Lipinski definition) is 4. The van der Waals surface area contributed by atoms with Crippen molar-refractivity contribution >= 4 is 40.3 Å². The average Bonchev–Trinajstić information content (AvgIpc) is 3.37. The highest BCUT2D eigenvalue weighted by atomic mass is 16.4. The monoisotopic (exact) mass is 588 g/mol. The number of carboxylic acids is 1. The number of nitrogens with one attached hydrogen (secondary N) is 2. The van der Waals surface area contributed by atoms with Gasteiger partial charge in [0, 0.05) is 48.1 Å². The van der Waals surface area contributed by atoms with E-state index in [4.69, 9.17) is 5.11 Å². The Bertz CT molecular complexity index is 1420. The molecule has 1 fully saturated rings. The maximum absolute atomic E-state index is 13.6. The molecule has 43 heavy (non-hydrogen) atoms. The van der Waals surface area contributed by atoms with Crippen molar-refractivity contribution in [3.8, 4) is 0 Å². The lowest BCUT2D eigenvalue weighted by molar-refractivity contribution is -0.137. The maximum Gasteiger partial charge on any atom is 0.303 e. The van der Waals surface area contributed by atoms with Gasteiger partial charge in [0.2, 0.25) is 11.8 Å². The van der Waals surface area contributed by atoms with Gasteiger partial charge in [-0.1, -0.05) is 43.7 Å². The van der Waals surface area contributed by atoms with E-state index in [1.54, 1.807) is 4.90 Å². The van der Waals surface area contributed by atoms with Gasteiger partial charge in [0.05, 0.1) is 0 Å². The molecule has 1 heterocycles. The molecule has 0 spiro atoms. The number of unbranched alkanes of at least 4 members (excludes halogenated alkanes) is 2. The number of benzene rings is 2. The molecule has 2 aromatic carbocycles. The number of likely N-dealkylation sites (N-methyl/N-ethyl adjacent to an activating group) is 1. The van der Waals surface area contributed by atoms with E-state index in [0.717, 1.165) is 41.4 Å². The molecule has 0 atom stereocenters. The zero-order chi connectivity index (χ0) is 30.8. The summed E-state index contributed by atoms with van der Waals surface area (Å²) in [5, 5.41) is 15.8. The maximum atomic E-state index is 13.6. The van der Waals surface area contributed by atoms with Gasteiger partial charge in [-0.3, -0.25) is 19.2 Å². The summed E-state index contributed by atoms with van der Waals surface area (Å²) in [6.45, 7) is 5.16. The normalized spacial score (nSPS) is 16.5. The zero-order valence-corrected chi connectivity index (χ0v) is 25.3. The van der Waals surface area contributed by atoms with Gasteiger partial charge in [-0.05, 0) is 81.7 Å². The van der Waals surface area contributed by atoms with Crippen LogP contribution in [-0.2, 0) is 27.3 Å². The van der Waals surface area contributed by atoms with Crippen LogP contribution >= 0.6 is 0 Å². The van der Waals surface area contributed by atoms with Crippen LogP contribution in [0, 0.1) is 5.92 Å². The lowest BCUT2D eigenvalue weighted by Gasteiger charge is -2.28. The minimum absolute atomic E-state index is 0.0339. The van der Waals surface area contributed by atoms with Crippen LogP contribution in [0.15, 0.2) is 54.6 Å². The number of carbonyl (C=O) groups excluding carboxylic acids is 3. The van der Waals surface area contributed by atoms with Crippen LogP contribution in [0.3, 0.4) is 0 Å². The fraction of sp³-hybridized carbons (Fsp3) is 0.471. The second-order valence-electron chi connectivity index (χ2n) is 11.4. The molecule has 1 aliphatic rings. The number of amides is 3. The minimum Gasteiger partial charge on any atom is -0.481 e. The number of aliphatic carboxylic acids is 1. The Hall–Kier alpha value is -4.14. The summed E-state index contributed by atoms with van der Waals surface area (Å²) in [7, 11) is 0. The van der Waals surface area contributed by atoms with Crippen LogP contribution in [-0.4, -0.2) is 52.5 Å². The van der Waals surface area contributed by atoms with Crippen LogP contribution in [0.2, 0.25) is 0 Å². The van der Waals surface area contributed by atoms with Crippen LogP contribution in [0.25, 0.3) is 10.9 Å². The number of carbonyl (C=O) groups is 4. The van der Waals surface area contributed by atoms with Gasteiger partial charge in [0.25, 0.3) is 5.91 Å². The Morgan fingerprint density at radius 3 is 2.42 bits per heavy atom. The first-order valence-corrected chi connectivity index (χ1v) is 15.6. The molecule has 3 N–H and O–H groups in total. The van der Waals surface area contributed by atoms with Gasteiger partial charge in [-0.25, -0.2) is 0 Å². The Labute approximate surface area is 253 Å². The summed E-state index contributed by atoms with van der Waals surface area (Å²) >= 11 is 0. The Balaban J connectivity index is 1.36. The lowest BCUT2D eigenvalue weighted by Crippen LogP contribution is -2.42. The Morgan fingerprint density at radius 2 is 1.70 bits per heavy atom. The highest BCUT2D eigenvalue weighted by molar-refractivity contribution is 6.01. The van der Waals surface area contributed by atoms with Crippen LogP contribution in [0.5, 0.6) is 0 Å². The summed E-state index contributed by atoms with van der Waals surface area (Å²) in [5.41, 5.74) is 3.31. The van der Waals surface area contributed by atoms with Crippen molar-refractivity contribution in [1.29, 1.82) is 0 Å². The molecular formula is C34H44N4O5. The first-order valence-electron chi connectivity index (χ1n) is 15.6. The SMILES string of the molecule is CCc1cccc(N(CC)C(=O)Cn2c(C(=O)NC3CCC(C(=O)NCCCCCC(=O)O)CC3)cc3ccccc32)c1. The largest absolute Gasteiger partial charge is 0.481 e. The number of anilines is 1. The summed E-state index contributed by atoms with van der Waals surface area (Å²) in [5.74, 6) is -1.14. The molecule has 9 heteroatoms. The van der Waals surface area contributed by atoms with E-state index in [1.165, 1.54) is 0 Å². The lowest BCUT2D eigenvalue weighted by atomic mass is 9.85. The highest BCUT2D eigenvalue weighted by Gasteiger charge is 2.28. The van der Waals surface area contributed by atoms with E-state index in [0.29, 0.717) is 50.9 Å². The third-order valence-corrected chi connectivity index (χ3v) is 8.38. The zero-order valence-electron chi connectivity index (χ0n) is 25.3. The van der Waals surface area contributed by atoms with Crippen molar-refractivity contribution in [1.82, 2.24) is 15.2 Å². The topological polar surface area (TPSA) is 121 Å². The Kier molecular flexibility index (Phi) is 11.4. The average molecular weight is 589 g/mol. The van der Waals surface area contributed by atoms with E-state index in [2.05, 4.69) is 23.6 Å². The number of carboxylic acid groups (broad SMARTS) is 1. The smallest absolute Gasteiger partial charge is 0.303 e. The molecule has 0 saturated heterocycles. The summed E-state index contributed by atoms with van der Waals surface area (Å²) < 4.78 is 1.81. The van der Waals surface area contributed by atoms with Crippen LogP contribution in [0.1, 0.15) is 81.3 Å². The minimum atomic E-state index is -0.792. The molecule has 1 aliphatic carbocycles. The van der Waals surface area contributed by atoms with Gasteiger partial charge in [-0.2, -0.15) is 0 Å². The molecule has 0 radical (unpaired) electrons. The number of aryl methyl sites for hydroxylation is 1. The number of para-hydroxylation sites is 1. The molecular weight excluding hydrogens is 544 g/mol. The second kappa shape index (κ2) is 15.4. The van der Waals surface area contributed by atoms with Gasteiger partial charge >= 0.3 is 5.97 Å². The van der Waals surface area contributed by atoms with E-state index in [9.17, 15) is 19.2 Å². The molecule has 3 amide bonds. The molecule has 0 unspecified atom stereocenters. The third-order valence-electron chi connectivity index (χ3n) is 8.38.